The van der Waals surface area contributed by atoms with Crippen molar-refractivity contribution in [3.63, 3.8) is 0 Å². The molecule has 0 atom stereocenters. The van der Waals surface area contributed by atoms with Crippen LogP contribution >= 0.6 is 22.9 Å². The summed E-state index contributed by atoms with van der Waals surface area (Å²) in [6.45, 7) is 0. The fraction of sp³-hybridized carbons (Fsp3) is 0.105. The number of aryl methyl sites for hydroxylation is 1. The third-order valence-corrected chi connectivity index (χ3v) is 7.25. The summed E-state index contributed by atoms with van der Waals surface area (Å²) in [5.41, 5.74) is 1.09. The minimum Gasteiger partial charge on any atom is -0.333 e. The van der Waals surface area contributed by atoms with E-state index in [0.29, 0.717) is 4.88 Å². The van der Waals surface area contributed by atoms with Crippen LogP contribution in [-0.4, -0.2) is 40.9 Å². The molecular formula is C19H15ClFN5O3S2. The molecule has 1 aliphatic rings. The molecule has 0 unspecified atom stereocenters. The van der Waals surface area contributed by atoms with Crippen molar-refractivity contribution in [1.82, 2.24) is 13.9 Å². The molecule has 0 radical (unpaired) electrons. The molecule has 0 saturated heterocycles. The number of carbonyl (C=O) groups is 1. The largest absolute Gasteiger partial charge is 0.345 e. The molecule has 0 spiro atoms. The van der Waals surface area contributed by atoms with E-state index in [2.05, 4.69) is 14.7 Å². The van der Waals surface area contributed by atoms with Crippen LogP contribution in [0.2, 0.25) is 5.02 Å². The van der Waals surface area contributed by atoms with Crippen molar-refractivity contribution >= 4 is 50.5 Å². The van der Waals surface area contributed by atoms with Crippen molar-refractivity contribution in [1.29, 1.82) is 0 Å². The van der Waals surface area contributed by atoms with E-state index >= 15 is 0 Å². The first-order valence-corrected chi connectivity index (χ1v) is 11.4. The smallest absolute Gasteiger partial charge is 0.333 e. The summed E-state index contributed by atoms with van der Waals surface area (Å²) < 4.78 is 44.9. The molecular weight excluding hydrogens is 465 g/mol. The van der Waals surface area contributed by atoms with Gasteiger partial charge in [-0.2, -0.15) is 8.42 Å². The molecule has 0 saturated carbocycles. The van der Waals surface area contributed by atoms with Crippen LogP contribution in [-0.2, 0) is 22.1 Å². The topological polar surface area (TPSA) is 96.7 Å². The van der Waals surface area contributed by atoms with Gasteiger partial charge >= 0.3 is 10.2 Å². The Balaban J connectivity index is 1.67. The Labute approximate surface area is 186 Å². The highest BCUT2D eigenvalue weighted by Crippen LogP contribution is 2.30. The molecule has 4 rings (SSSR count). The van der Waals surface area contributed by atoms with Crippen molar-refractivity contribution in [3.05, 3.63) is 70.3 Å². The average molecular weight is 480 g/mol. The molecule has 1 amide bonds. The van der Waals surface area contributed by atoms with Gasteiger partial charge in [-0.3, -0.25) is 4.79 Å². The summed E-state index contributed by atoms with van der Waals surface area (Å²) in [5.74, 6) is -1.34. The Morgan fingerprint density at radius 2 is 1.94 bits per heavy atom. The van der Waals surface area contributed by atoms with Crippen LogP contribution in [0.1, 0.15) is 4.88 Å². The average Bonchev–Trinajstić information content (AvgIpc) is 3.35. The second-order valence-corrected chi connectivity index (χ2v) is 9.71. The second kappa shape index (κ2) is 7.91. The van der Waals surface area contributed by atoms with Gasteiger partial charge in [0, 0.05) is 19.8 Å². The number of benzene rings is 1. The lowest BCUT2D eigenvalue weighted by atomic mass is 10.2. The van der Waals surface area contributed by atoms with Crippen LogP contribution in [0.25, 0.3) is 10.6 Å². The molecule has 1 N–H and O–H groups in total. The third kappa shape index (κ3) is 4.11. The number of imidazole rings is 1. The number of thiophene rings is 1. The summed E-state index contributed by atoms with van der Waals surface area (Å²) >= 11 is 7.07. The van der Waals surface area contributed by atoms with E-state index in [9.17, 15) is 17.6 Å². The van der Waals surface area contributed by atoms with Gasteiger partial charge in [0.25, 0.3) is 5.91 Å². The Hall–Kier alpha value is -3.02. The molecule has 0 fully saturated rings. The molecule has 1 aliphatic heterocycles. The number of halogens is 2. The van der Waals surface area contributed by atoms with E-state index in [1.807, 2.05) is 17.7 Å². The number of anilines is 1. The molecule has 8 nitrogen and oxygen atoms in total. The van der Waals surface area contributed by atoms with Crippen molar-refractivity contribution in [3.8, 4) is 10.6 Å². The molecule has 12 heteroatoms. The van der Waals surface area contributed by atoms with Crippen LogP contribution in [0.5, 0.6) is 0 Å². The molecule has 2 aromatic heterocycles. The summed E-state index contributed by atoms with van der Waals surface area (Å²) in [4.78, 5) is 18.3. The zero-order chi connectivity index (χ0) is 22.3. The monoisotopic (exact) mass is 479 g/mol. The van der Waals surface area contributed by atoms with Gasteiger partial charge in [0.05, 0.1) is 38.7 Å². The Morgan fingerprint density at radius 1 is 1.19 bits per heavy atom. The van der Waals surface area contributed by atoms with E-state index < -0.39 is 21.9 Å². The number of hydrogen-bond acceptors (Lipinski definition) is 5. The number of allylic oxidation sites excluding steroid dienone is 1. The highest BCUT2D eigenvalue weighted by molar-refractivity contribution is 7.88. The van der Waals surface area contributed by atoms with Crippen molar-refractivity contribution in [2.75, 3.05) is 12.4 Å². The maximum Gasteiger partial charge on any atom is 0.345 e. The lowest BCUT2D eigenvalue weighted by Gasteiger charge is -2.23. The van der Waals surface area contributed by atoms with Crippen LogP contribution < -0.4 is 5.32 Å². The van der Waals surface area contributed by atoms with E-state index in [1.54, 1.807) is 18.6 Å². The van der Waals surface area contributed by atoms with Gasteiger partial charge in [-0.05, 0) is 36.4 Å². The van der Waals surface area contributed by atoms with E-state index in [1.165, 1.54) is 36.6 Å². The summed E-state index contributed by atoms with van der Waals surface area (Å²) in [6, 6.07) is 7.23. The minimum atomic E-state index is -4.12. The quantitative estimate of drug-likeness (QED) is 0.619. The van der Waals surface area contributed by atoms with Gasteiger partial charge < -0.3 is 9.88 Å². The Kier molecular flexibility index (Phi) is 5.42. The fourth-order valence-corrected chi connectivity index (χ4v) is 5.02. The molecule has 1 aromatic carbocycles. The molecule has 3 heterocycles. The molecule has 160 valence electrons. The van der Waals surface area contributed by atoms with Gasteiger partial charge in [0.2, 0.25) is 0 Å². The van der Waals surface area contributed by atoms with Crippen molar-refractivity contribution in [2.24, 2.45) is 11.4 Å². The summed E-state index contributed by atoms with van der Waals surface area (Å²) in [6.07, 6.45) is 4.75. The lowest BCUT2D eigenvalue weighted by molar-refractivity contribution is -0.113. The molecule has 0 bridgehead atoms. The van der Waals surface area contributed by atoms with Crippen molar-refractivity contribution in [2.45, 2.75) is 0 Å². The zero-order valence-corrected chi connectivity index (χ0v) is 18.6. The maximum atomic E-state index is 13.4. The maximum absolute atomic E-state index is 13.4. The van der Waals surface area contributed by atoms with E-state index in [4.69, 9.17) is 11.6 Å². The highest BCUT2D eigenvalue weighted by atomic mass is 35.5. The molecule has 0 aliphatic carbocycles. The number of nitrogens with zero attached hydrogens (tertiary/aromatic N) is 4. The van der Waals surface area contributed by atoms with Crippen LogP contribution in [0.3, 0.4) is 0 Å². The van der Waals surface area contributed by atoms with Crippen LogP contribution in [0.15, 0.2) is 59.0 Å². The van der Waals surface area contributed by atoms with E-state index in [-0.39, 0.29) is 22.1 Å². The van der Waals surface area contributed by atoms with Crippen LogP contribution in [0, 0.1) is 5.82 Å². The minimum absolute atomic E-state index is 0.138. The Bertz CT molecular complexity index is 1360. The summed E-state index contributed by atoms with van der Waals surface area (Å²) in [5, 5.41) is 2.36. The number of rotatable bonds is 4. The number of amides is 1. The first kappa shape index (κ1) is 21.2. The van der Waals surface area contributed by atoms with Crippen LogP contribution in [0.4, 0.5) is 10.1 Å². The van der Waals surface area contributed by atoms with Gasteiger partial charge in [-0.25, -0.2) is 13.7 Å². The SMILES string of the molecule is CN1C(C(=O)Nc2ccc(F)c(Cl)c2)=CC(c2ccc(-c3cncn3C)s2)=NS1(=O)=O. The molecule has 31 heavy (non-hydrogen) atoms. The van der Waals surface area contributed by atoms with Gasteiger partial charge in [0.1, 0.15) is 11.5 Å². The predicted octanol–water partition coefficient (Wildman–Crippen LogP) is 3.44. The number of carbonyl (C=O) groups excluding carboxylic acids is 1. The van der Waals surface area contributed by atoms with Crippen molar-refractivity contribution < 1.29 is 17.6 Å². The normalized spacial score (nSPS) is 15.4. The standard InChI is InChI=1S/C19H15ClFN5O3S2/c1-25-10-22-9-16(25)18-6-5-17(30-18)14-8-15(26(2)31(28,29)24-14)19(27)23-11-3-4-13(21)12(20)7-11/h3-10H,1-2H3,(H,23,27). The third-order valence-electron chi connectivity index (χ3n) is 4.51. The number of nitrogens with one attached hydrogen (secondary N) is 1. The number of hydrogen-bond donors (Lipinski definition) is 1. The number of aromatic nitrogens is 2. The Morgan fingerprint density at radius 3 is 2.61 bits per heavy atom. The van der Waals surface area contributed by atoms with Gasteiger partial charge in [0.15, 0.2) is 0 Å². The second-order valence-electron chi connectivity index (χ2n) is 6.59. The molecule has 3 aromatic rings. The highest BCUT2D eigenvalue weighted by Gasteiger charge is 2.30. The fourth-order valence-electron chi connectivity index (χ4n) is 2.86. The summed E-state index contributed by atoms with van der Waals surface area (Å²) in [7, 11) is -1.04. The number of likely N-dealkylation sites (N-methyl/N-ethyl adjacent to an activating group) is 1. The zero-order valence-electron chi connectivity index (χ0n) is 16.2. The first-order chi connectivity index (χ1) is 14.7. The van der Waals surface area contributed by atoms with E-state index in [0.717, 1.165) is 20.9 Å². The van der Waals surface area contributed by atoms with Gasteiger partial charge in [-0.15, -0.1) is 15.7 Å². The van der Waals surface area contributed by atoms with Gasteiger partial charge in [-0.1, -0.05) is 11.6 Å². The first-order valence-electron chi connectivity index (χ1n) is 8.79. The predicted molar refractivity (Wildman–Crippen MR) is 118 cm³/mol. The lowest BCUT2D eigenvalue weighted by Crippen LogP contribution is -2.35.